The van der Waals surface area contributed by atoms with Crippen LogP contribution >= 0.6 is 11.6 Å². The van der Waals surface area contributed by atoms with E-state index in [1.807, 2.05) is 6.92 Å². The minimum atomic E-state index is -0.819. The van der Waals surface area contributed by atoms with E-state index in [0.29, 0.717) is 23.7 Å². The fourth-order valence-electron chi connectivity index (χ4n) is 1.92. The highest BCUT2D eigenvalue weighted by molar-refractivity contribution is 6.30. The normalized spacial score (nSPS) is 12.5. The molecule has 0 bridgehead atoms. The number of benzene rings is 1. The molecule has 1 aromatic carbocycles. The van der Waals surface area contributed by atoms with Gasteiger partial charge in [-0.15, -0.1) is 0 Å². The number of nitrogens with zero attached hydrogens (tertiary/aromatic N) is 1. The Morgan fingerprint density at radius 3 is 2.72 bits per heavy atom. The summed E-state index contributed by atoms with van der Waals surface area (Å²) >= 11 is 5.94. The number of ether oxygens (including phenoxy) is 1. The Morgan fingerprint density at radius 2 is 2.22 bits per heavy atom. The first kappa shape index (κ1) is 14.8. The van der Waals surface area contributed by atoms with Crippen LogP contribution < -0.4 is 4.74 Å². The molecule has 18 heavy (non-hydrogen) atoms. The van der Waals surface area contributed by atoms with Crippen molar-refractivity contribution in [1.29, 1.82) is 0 Å². The van der Waals surface area contributed by atoms with Crippen molar-refractivity contribution in [2.75, 3.05) is 14.2 Å². The highest BCUT2D eigenvalue weighted by Crippen LogP contribution is 2.24. The largest absolute Gasteiger partial charge is 0.496 e. The molecule has 0 aliphatic carbocycles. The van der Waals surface area contributed by atoms with Crippen LogP contribution in [0.1, 0.15) is 18.9 Å². The standard InChI is InChI=1S/C13H18ClNO3/c1-4-11(13(16)17)15(2)8-9-7-10(14)5-6-12(9)18-3/h5-7,11H,4,8H2,1-3H3,(H,16,17). The first-order valence-corrected chi connectivity index (χ1v) is 6.12. The predicted octanol–water partition coefficient (Wildman–Crippen LogP) is 2.64. The van der Waals surface area contributed by atoms with E-state index in [4.69, 9.17) is 21.4 Å². The molecule has 100 valence electrons. The van der Waals surface area contributed by atoms with Gasteiger partial charge >= 0.3 is 5.97 Å². The second kappa shape index (κ2) is 6.61. The number of carboxylic acids is 1. The van der Waals surface area contributed by atoms with Gasteiger partial charge in [0.05, 0.1) is 7.11 Å². The maximum Gasteiger partial charge on any atom is 0.320 e. The fraction of sp³-hybridized carbons (Fsp3) is 0.462. The van der Waals surface area contributed by atoms with Gasteiger partial charge in [-0.2, -0.15) is 0 Å². The third-order valence-electron chi connectivity index (χ3n) is 2.87. The molecule has 0 fully saturated rings. The zero-order valence-electron chi connectivity index (χ0n) is 10.8. The van der Waals surface area contributed by atoms with Crippen molar-refractivity contribution in [2.24, 2.45) is 0 Å². The van der Waals surface area contributed by atoms with E-state index in [2.05, 4.69) is 0 Å². The Labute approximate surface area is 112 Å². The van der Waals surface area contributed by atoms with Crippen LogP contribution in [0.3, 0.4) is 0 Å². The zero-order valence-corrected chi connectivity index (χ0v) is 11.6. The maximum absolute atomic E-state index is 11.1. The third kappa shape index (κ3) is 3.62. The van der Waals surface area contributed by atoms with Crippen molar-refractivity contribution < 1.29 is 14.6 Å². The number of methoxy groups -OCH3 is 1. The molecule has 0 aliphatic heterocycles. The topological polar surface area (TPSA) is 49.8 Å². The molecule has 1 atom stereocenters. The van der Waals surface area contributed by atoms with Gasteiger partial charge in [-0.1, -0.05) is 18.5 Å². The molecule has 5 heteroatoms. The third-order valence-corrected chi connectivity index (χ3v) is 3.10. The number of hydrogen-bond donors (Lipinski definition) is 1. The minimum Gasteiger partial charge on any atom is -0.496 e. The SMILES string of the molecule is CCC(C(=O)O)N(C)Cc1cc(Cl)ccc1OC. The van der Waals surface area contributed by atoms with Crippen LogP contribution in [-0.4, -0.2) is 36.2 Å². The molecule has 4 nitrogen and oxygen atoms in total. The Bertz CT molecular complexity index is 423. The lowest BCUT2D eigenvalue weighted by Crippen LogP contribution is -2.37. The summed E-state index contributed by atoms with van der Waals surface area (Å²) in [4.78, 5) is 12.9. The highest BCUT2D eigenvalue weighted by Gasteiger charge is 2.21. The van der Waals surface area contributed by atoms with Gasteiger partial charge in [0, 0.05) is 17.1 Å². The summed E-state index contributed by atoms with van der Waals surface area (Å²) < 4.78 is 5.24. The van der Waals surface area contributed by atoms with Crippen LogP contribution in [0, 0.1) is 0 Å². The smallest absolute Gasteiger partial charge is 0.320 e. The second-order valence-corrected chi connectivity index (χ2v) is 4.57. The van der Waals surface area contributed by atoms with Crippen molar-refractivity contribution >= 4 is 17.6 Å². The van der Waals surface area contributed by atoms with Gasteiger partial charge < -0.3 is 9.84 Å². The van der Waals surface area contributed by atoms with E-state index < -0.39 is 12.0 Å². The van der Waals surface area contributed by atoms with E-state index in [0.717, 1.165) is 5.56 Å². The van der Waals surface area contributed by atoms with E-state index in [1.54, 1.807) is 37.3 Å². The molecule has 0 saturated heterocycles. The van der Waals surface area contributed by atoms with Gasteiger partial charge in [0.25, 0.3) is 0 Å². The minimum absolute atomic E-state index is 0.481. The van der Waals surface area contributed by atoms with Gasteiger partial charge in [-0.3, -0.25) is 9.69 Å². The summed E-state index contributed by atoms with van der Waals surface area (Å²) in [5.41, 5.74) is 0.882. The van der Waals surface area contributed by atoms with Crippen molar-refractivity contribution in [2.45, 2.75) is 25.9 Å². The van der Waals surface area contributed by atoms with Crippen LogP contribution in [0.4, 0.5) is 0 Å². The summed E-state index contributed by atoms with van der Waals surface area (Å²) in [5, 5.41) is 9.72. The van der Waals surface area contributed by atoms with Gasteiger partial charge in [0.2, 0.25) is 0 Å². The molecule has 0 saturated carbocycles. The Hall–Kier alpha value is -1.26. The van der Waals surface area contributed by atoms with Gasteiger partial charge in [-0.25, -0.2) is 0 Å². The van der Waals surface area contributed by atoms with E-state index in [9.17, 15) is 4.79 Å². The van der Waals surface area contributed by atoms with Crippen LogP contribution in [0.15, 0.2) is 18.2 Å². The molecular formula is C13H18ClNO3. The van der Waals surface area contributed by atoms with E-state index in [-0.39, 0.29) is 0 Å². The van der Waals surface area contributed by atoms with E-state index >= 15 is 0 Å². The monoisotopic (exact) mass is 271 g/mol. The lowest BCUT2D eigenvalue weighted by Gasteiger charge is -2.24. The molecular weight excluding hydrogens is 254 g/mol. The molecule has 1 rings (SSSR count). The number of carbonyl (C=O) groups is 1. The summed E-state index contributed by atoms with van der Waals surface area (Å²) in [6, 6.07) is 4.82. The lowest BCUT2D eigenvalue weighted by atomic mass is 10.1. The maximum atomic E-state index is 11.1. The average Bonchev–Trinajstić information content (AvgIpc) is 2.29. The van der Waals surface area contributed by atoms with Crippen molar-refractivity contribution in [3.63, 3.8) is 0 Å². The number of carboxylic acid groups (broad SMARTS) is 1. The molecule has 0 radical (unpaired) electrons. The molecule has 0 amide bonds. The van der Waals surface area contributed by atoms with Crippen molar-refractivity contribution in [3.8, 4) is 5.75 Å². The van der Waals surface area contributed by atoms with Gasteiger partial charge in [0.1, 0.15) is 11.8 Å². The molecule has 0 aromatic heterocycles. The number of rotatable bonds is 6. The van der Waals surface area contributed by atoms with Crippen molar-refractivity contribution in [3.05, 3.63) is 28.8 Å². The first-order valence-electron chi connectivity index (χ1n) is 5.75. The quantitative estimate of drug-likeness (QED) is 0.864. The second-order valence-electron chi connectivity index (χ2n) is 4.13. The van der Waals surface area contributed by atoms with E-state index in [1.165, 1.54) is 0 Å². The van der Waals surface area contributed by atoms with Crippen LogP contribution in [-0.2, 0) is 11.3 Å². The lowest BCUT2D eigenvalue weighted by molar-refractivity contribution is -0.143. The van der Waals surface area contributed by atoms with Crippen LogP contribution in [0.5, 0.6) is 5.75 Å². The van der Waals surface area contributed by atoms with Crippen molar-refractivity contribution in [1.82, 2.24) is 4.90 Å². The summed E-state index contributed by atoms with van der Waals surface area (Å²) in [5.74, 6) is -0.104. The molecule has 0 heterocycles. The molecule has 1 unspecified atom stereocenters. The Balaban J connectivity index is 2.89. The summed E-state index contributed by atoms with van der Waals surface area (Å²) in [7, 11) is 3.36. The molecule has 1 N–H and O–H groups in total. The number of halogens is 1. The Kier molecular flexibility index (Phi) is 5.44. The molecule has 0 aliphatic rings. The van der Waals surface area contributed by atoms with Gasteiger partial charge in [0.15, 0.2) is 0 Å². The Morgan fingerprint density at radius 1 is 1.56 bits per heavy atom. The van der Waals surface area contributed by atoms with Crippen LogP contribution in [0.2, 0.25) is 5.02 Å². The van der Waals surface area contributed by atoms with Crippen LogP contribution in [0.25, 0.3) is 0 Å². The number of aliphatic carboxylic acids is 1. The highest BCUT2D eigenvalue weighted by atomic mass is 35.5. The number of likely N-dealkylation sites (N-methyl/N-ethyl adjacent to an activating group) is 1. The molecule has 0 spiro atoms. The zero-order chi connectivity index (χ0) is 13.7. The summed E-state index contributed by atoms with van der Waals surface area (Å²) in [6.07, 6.45) is 0.550. The predicted molar refractivity (Wildman–Crippen MR) is 71.2 cm³/mol. The molecule has 1 aromatic rings. The summed E-state index contributed by atoms with van der Waals surface area (Å²) in [6.45, 7) is 2.33. The fourth-order valence-corrected chi connectivity index (χ4v) is 2.12. The number of hydrogen-bond acceptors (Lipinski definition) is 3. The van der Waals surface area contributed by atoms with Gasteiger partial charge in [-0.05, 0) is 31.7 Å². The first-order chi connectivity index (χ1) is 8.49. The average molecular weight is 272 g/mol.